The number of rotatable bonds is 2. The zero-order valence-corrected chi connectivity index (χ0v) is 12.6. The molecule has 3 heterocycles. The standard InChI is InChI=1S/C15H22N4O/c1-10-11(5-8-20-10)17-14-12-9-13(15(2,3)4)18-19(12)7-6-16-14/h6-7,9-11H,5,8H2,1-4H3,(H,16,17). The Morgan fingerprint density at radius 3 is 2.85 bits per heavy atom. The van der Waals surface area contributed by atoms with Gasteiger partial charge in [0.05, 0.1) is 17.8 Å². The van der Waals surface area contributed by atoms with Gasteiger partial charge < -0.3 is 10.1 Å². The zero-order valence-electron chi connectivity index (χ0n) is 12.6. The van der Waals surface area contributed by atoms with Crippen molar-refractivity contribution in [3.63, 3.8) is 0 Å². The topological polar surface area (TPSA) is 51.5 Å². The van der Waals surface area contributed by atoms with Crippen molar-refractivity contribution < 1.29 is 4.74 Å². The van der Waals surface area contributed by atoms with Crippen LogP contribution < -0.4 is 5.32 Å². The van der Waals surface area contributed by atoms with Crippen molar-refractivity contribution in [3.05, 3.63) is 24.2 Å². The zero-order chi connectivity index (χ0) is 14.3. The first kappa shape index (κ1) is 13.4. The molecule has 1 N–H and O–H groups in total. The number of nitrogens with one attached hydrogen (secondary N) is 1. The molecule has 0 aliphatic carbocycles. The molecule has 0 radical (unpaired) electrons. The summed E-state index contributed by atoms with van der Waals surface area (Å²) in [6.07, 6.45) is 4.92. The minimum atomic E-state index is 0.0348. The lowest BCUT2D eigenvalue weighted by Gasteiger charge is -2.16. The van der Waals surface area contributed by atoms with E-state index in [2.05, 4.69) is 49.2 Å². The van der Waals surface area contributed by atoms with E-state index < -0.39 is 0 Å². The van der Waals surface area contributed by atoms with Gasteiger partial charge in [0.1, 0.15) is 5.52 Å². The van der Waals surface area contributed by atoms with Crippen molar-refractivity contribution in [2.45, 2.75) is 51.7 Å². The molecule has 2 aromatic rings. The third kappa shape index (κ3) is 2.38. The SMILES string of the molecule is CC1OCCC1Nc1nccn2nc(C(C)(C)C)cc12. The molecule has 5 nitrogen and oxygen atoms in total. The van der Waals surface area contributed by atoms with Gasteiger partial charge in [0.15, 0.2) is 5.82 Å². The lowest BCUT2D eigenvalue weighted by molar-refractivity contribution is 0.121. The molecule has 0 spiro atoms. The second-order valence-corrected chi connectivity index (χ2v) is 6.50. The number of aromatic nitrogens is 3. The Morgan fingerprint density at radius 2 is 2.20 bits per heavy atom. The van der Waals surface area contributed by atoms with Crippen LogP contribution in [0.3, 0.4) is 0 Å². The summed E-state index contributed by atoms with van der Waals surface area (Å²) in [6.45, 7) is 9.42. The van der Waals surface area contributed by atoms with Crippen molar-refractivity contribution in [1.29, 1.82) is 0 Å². The van der Waals surface area contributed by atoms with Gasteiger partial charge in [-0.05, 0) is 19.4 Å². The van der Waals surface area contributed by atoms with E-state index in [1.807, 2.05) is 10.7 Å². The molecular weight excluding hydrogens is 252 g/mol. The minimum absolute atomic E-state index is 0.0348. The van der Waals surface area contributed by atoms with Crippen molar-refractivity contribution in [2.24, 2.45) is 0 Å². The maximum absolute atomic E-state index is 5.60. The van der Waals surface area contributed by atoms with Gasteiger partial charge in [-0.2, -0.15) is 5.10 Å². The average molecular weight is 274 g/mol. The Balaban J connectivity index is 1.96. The fraction of sp³-hybridized carbons (Fsp3) is 0.600. The highest BCUT2D eigenvalue weighted by molar-refractivity contribution is 5.68. The van der Waals surface area contributed by atoms with Crippen LogP contribution in [0.2, 0.25) is 0 Å². The molecule has 1 aliphatic rings. The lowest BCUT2D eigenvalue weighted by Crippen LogP contribution is -2.27. The molecule has 0 amide bonds. The Labute approximate surface area is 119 Å². The fourth-order valence-electron chi connectivity index (χ4n) is 2.50. The predicted octanol–water partition coefficient (Wildman–Crippen LogP) is 2.62. The van der Waals surface area contributed by atoms with E-state index in [1.54, 1.807) is 6.20 Å². The highest BCUT2D eigenvalue weighted by Gasteiger charge is 2.25. The van der Waals surface area contributed by atoms with Crippen LogP contribution in [-0.4, -0.2) is 33.4 Å². The van der Waals surface area contributed by atoms with Gasteiger partial charge >= 0.3 is 0 Å². The first-order valence-electron chi connectivity index (χ1n) is 7.18. The van der Waals surface area contributed by atoms with E-state index in [4.69, 9.17) is 4.74 Å². The van der Waals surface area contributed by atoms with Crippen LogP contribution in [0.15, 0.2) is 18.5 Å². The van der Waals surface area contributed by atoms with Crippen LogP contribution in [-0.2, 0) is 10.2 Å². The summed E-state index contributed by atoms with van der Waals surface area (Å²) in [6, 6.07) is 2.44. The van der Waals surface area contributed by atoms with Gasteiger partial charge in [0.25, 0.3) is 0 Å². The molecular formula is C15H22N4O. The van der Waals surface area contributed by atoms with Crippen LogP contribution in [0.1, 0.15) is 39.8 Å². The van der Waals surface area contributed by atoms with Gasteiger partial charge in [0, 0.05) is 24.4 Å². The van der Waals surface area contributed by atoms with Crippen molar-refractivity contribution in [1.82, 2.24) is 14.6 Å². The van der Waals surface area contributed by atoms with Crippen LogP contribution >= 0.6 is 0 Å². The molecule has 2 atom stereocenters. The summed E-state index contributed by atoms with van der Waals surface area (Å²) in [5.74, 6) is 0.887. The summed E-state index contributed by atoms with van der Waals surface area (Å²) in [4.78, 5) is 4.47. The molecule has 2 aromatic heterocycles. The quantitative estimate of drug-likeness (QED) is 0.914. The van der Waals surface area contributed by atoms with Crippen molar-refractivity contribution in [2.75, 3.05) is 11.9 Å². The third-order valence-electron chi connectivity index (χ3n) is 3.86. The monoisotopic (exact) mass is 274 g/mol. The van der Waals surface area contributed by atoms with Crippen LogP contribution in [0.4, 0.5) is 5.82 Å². The first-order valence-corrected chi connectivity index (χ1v) is 7.18. The Morgan fingerprint density at radius 1 is 1.40 bits per heavy atom. The number of ether oxygens (including phenoxy) is 1. The molecule has 1 saturated heterocycles. The highest BCUT2D eigenvalue weighted by Crippen LogP contribution is 2.26. The molecule has 5 heteroatoms. The van der Waals surface area contributed by atoms with Gasteiger partial charge in [-0.25, -0.2) is 9.50 Å². The van der Waals surface area contributed by atoms with Gasteiger partial charge in [-0.3, -0.25) is 0 Å². The number of hydrogen-bond acceptors (Lipinski definition) is 4. The smallest absolute Gasteiger partial charge is 0.152 e. The van der Waals surface area contributed by atoms with Crippen LogP contribution in [0.25, 0.3) is 5.52 Å². The van der Waals surface area contributed by atoms with E-state index in [0.29, 0.717) is 6.04 Å². The predicted molar refractivity (Wildman–Crippen MR) is 79.1 cm³/mol. The summed E-state index contributed by atoms with van der Waals surface area (Å²) in [5.41, 5.74) is 2.13. The summed E-state index contributed by atoms with van der Waals surface area (Å²) >= 11 is 0. The lowest BCUT2D eigenvalue weighted by atomic mass is 9.92. The van der Waals surface area contributed by atoms with E-state index >= 15 is 0 Å². The number of anilines is 1. The number of nitrogens with zero attached hydrogens (tertiary/aromatic N) is 3. The maximum Gasteiger partial charge on any atom is 0.152 e. The molecule has 20 heavy (non-hydrogen) atoms. The van der Waals surface area contributed by atoms with Gasteiger partial charge in [-0.15, -0.1) is 0 Å². The third-order valence-corrected chi connectivity index (χ3v) is 3.86. The van der Waals surface area contributed by atoms with Crippen molar-refractivity contribution >= 4 is 11.3 Å². The molecule has 1 aliphatic heterocycles. The summed E-state index contributed by atoms with van der Waals surface area (Å²) in [5, 5.41) is 8.15. The molecule has 108 valence electrons. The average Bonchev–Trinajstić information content (AvgIpc) is 2.96. The minimum Gasteiger partial charge on any atom is -0.376 e. The van der Waals surface area contributed by atoms with E-state index in [9.17, 15) is 0 Å². The van der Waals surface area contributed by atoms with Crippen molar-refractivity contribution in [3.8, 4) is 0 Å². The second-order valence-electron chi connectivity index (χ2n) is 6.50. The second kappa shape index (κ2) is 4.74. The number of fused-ring (bicyclic) bond motifs is 1. The first-order chi connectivity index (χ1) is 9.45. The summed E-state index contributed by atoms with van der Waals surface area (Å²) in [7, 11) is 0. The Bertz CT molecular complexity index is 614. The Hall–Kier alpha value is -1.62. The van der Waals surface area contributed by atoms with Crippen LogP contribution in [0.5, 0.6) is 0 Å². The van der Waals surface area contributed by atoms with Gasteiger partial charge in [-0.1, -0.05) is 20.8 Å². The maximum atomic E-state index is 5.60. The van der Waals surface area contributed by atoms with E-state index in [0.717, 1.165) is 30.1 Å². The fourth-order valence-corrected chi connectivity index (χ4v) is 2.50. The van der Waals surface area contributed by atoms with E-state index in [1.165, 1.54) is 0 Å². The van der Waals surface area contributed by atoms with Crippen LogP contribution in [0, 0.1) is 0 Å². The Kier molecular flexibility index (Phi) is 3.17. The molecule has 3 rings (SSSR count). The van der Waals surface area contributed by atoms with Gasteiger partial charge in [0.2, 0.25) is 0 Å². The molecule has 0 saturated carbocycles. The molecule has 0 aromatic carbocycles. The largest absolute Gasteiger partial charge is 0.376 e. The normalized spacial score (nSPS) is 23.4. The summed E-state index contributed by atoms with van der Waals surface area (Å²) < 4.78 is 7.50. The molecule has 1 fully saturated rings. The molecule has 2 unspecified atom stereocenters. The van der Waals surface area contributed by atoms with E-state index in [-0.39, 0.29) is 11.5 Å². The molecule has 0 bridgehead atoms. The number of hydrogen-bond donors (Lipinski definition) is 1. The highest BCUT2D eigenvalue weighted by atomic mass is 16.5.